The van der Waals surface area contributed by atoms with Crippen LogP contribution in [0.15, 0.2) is 95.9 Å². The lowest BCUT2D eigenvalue weighted by atomic mass is 10.1. The summed E-state index contributed by atoms with van der Waals surface area (Å²) in [7, 11) is 0. The Bertz CT molecular complexity index is 998. The molecule has 0 radical (unpaired) electrons. The van der Waals surface area contributed by atoms with E-state index in [9.17, 15) is 14.4 Å². The van der Waals surface area contributed by atoms with Gasteiger partial charge in [-0.05, 0) is 23.3 Å². The van der Waals surface area contributed by atoms with Gasteiger partial charge in [0.05, 0.1) is 0 Å². The lowest BCUT2D eigenvalue weighted by molar-refractivity contribution is -0.147. The second-order valence-electron chi connectivity index (χ2n) is 6.55. The Morgan fingerprint density at radius 2 is 1.39 bits per heavy atom. The molecule has 0 saturated carbocycles. The third kappa shape index (κ3) is 7.31. The van der Waals surface area contributed by atoms with E-state index >= 15 is 0 Å². The highest BCUT2D eigenvalue weighted by molar-refractivity contribution is 8.00. The molecule has 3 amide bonds. The van der Waals surface area contributed by atoms with Crippen molar-refractivity contribution in [1.29, 1.82) is 0 Å². The lowest BCUT2D eigenvalue weighted by Crippen LogP contribution is -2.41. The van der Waals surface area contributed by atoms with Crippen LogP contribution in [0.2, 0.25) is 0 Å². The van der Waals surface area contributed by atoms with Crippen LogP contribution in [-0.2, 0) is 20.9 Å². The number of rotatable bonds is 8. The number of nitrogens with one attached hydrogen (secondary N) is 2. The number of thioether (sulfide) groups is 1. The molecule has 7 heteroatoms. The number of imide groups is 1. The van der Waals surface area contributed by atoms with Crippen molar-refractivity contribution >= 4 is 29.7 Å². The van der Waals surface area contributed by atoms with Gasteiger partial charge in [-0.2, -0.15) is 0 Å². The Labute approximate surface area is 185 Å². The molecule has 3 rings (SSSR count). The molecule has 0 saturated heterocycles. The normalized spacial score (nSPS) is 11.2. The first-order chi connectivity index (χ1) is 15.1. The number of hydrogen-bond acceptors (Lipinski definition) is 5. The Morgan fingerprint density at radius 3 is 2.03 bits per heavy atom. The molecule has 0 aliphatic rings. The third-order valence-electron chi connectivity index (χ3n) is 4.21. The van der Waals surface area contributed by atoms with Crippen molar-refractivity contribution in [2.75, 3.05) is 6.61 Å². The number of carbonyl (C=O) groups is 3. The summed E-state index contributed by atoms with van der Waals surface area (Å²) in [5.74, 6) is -1.25. The molecule has 0 fully saturated rings. The van der Waals surface area contributed by atoms with E-state index in [0.717, 1.165) is 16.0 Å². The van der Waals surface area contributed by atoms with Gasteiger partial charge in [0.1, 0.15) is 5.25 Å². The van der Waals surface area contributed by atoms with Gasteiger partial charge in [0.25, 0.3) is 5.91 Å². The number of esters is 1. The van der Waals surface area contributed by atoms with E-state index in [2.05, 4.69) is 10.6 Å². The second kappa shape index (κ2) is 11.6. The first-order valence-electron chi connectivity index (χ1n) is 9.67. The standard InChI is InChI=1S/C24H22N2O4S/c27-21(26-24(29)25-16-18-10-4-1-5-11-18)17-30-23(28)22(19-12-6-2-7-13-19)31-20-14-8-3-9-15-20/h1-15,22H,16-17H2,(H2,25,26,27,29)/t22-/m0/s1. The Hall–Kier alpha value is -3.58. The zero-order valence-electron chi connectivity index (χ0n) is 16.7. The minimum absolute atomic E-state index is 0.281. The van der Waals surface area contributed by atoms with Gasteiger partial charge in [0, 0.05) is 11.4 Å². The van der Waals surface area contributed by atoms with Crippen molar-refractivity contribution in [1.82, 2.24) is 10.6 Å². The van der Waals surface area contributed by atoms with Crippen molar-refractivity contribution in [2.24, 2.45) is 0 Å². The zero-order chi connectivity index (χ0) is 21.9. The summed E-state index contributed by atoms with van der Waals surface area (Å²) in [5, 5.41) is 4.11. The molecule has 3 aromatic rings. The van der Waals surface area contributed by atoms with E-state index in [1.54, 1.807) is 0 Å². The van der Waals surface area contributed by atoms with Crippen LogP contribution in [0, 0.1) is 0 Å². The topological polar surface area (TPSA) is 84.5 Å². The minimum Gasteiger partial charge on any atom is -0.454 e. The number of hydrogen-bond donors (Lipinski definition) is 2. The van der Waals surface area contributed by atoms with Crippen LogP contribution in [0.4, 0.5) is 4.79 Å². The molecule has 158 valence electrons. The maximum Gasteiger partial charge on any atom is 0.324 e. The molecule has 0 bridgehead atoms. The summed E-state index contributed by atoms with van der Waals surface area (Å²) in [4.78, 5) is 37.5. The van der Waals surface area contributed by atoms with E-state index < -0.39 is 29.8 Å². The quantitative estimate of drug-likeness (QED) is 0.412. The maximum absolute atomic E-state index is 12.7. The highest BCUT2D eigenvalue weighted by Gasteiger charge is 2.24. The first kappa shape index (κ1) is 22.1. The van der Waals surface area contributed by atoms with Crippen LogP contribution in [0.1, 0.15) is 16.4 Å². The lowest BCUT2D eigenvalue weighted by Gasteiger charge is -2.16. The average Bonchev–Trinajstić information content (AvgIpc) is 2.81. The smallest absolute Gasteiger partial charge is 0.324 e. The van der Waals surface area contributed by atoms with Crippen LogP contribution < -0.4 is 10.6 Å². The van der Waals surface area contributed by atoms with Crippen molar-refractivity contribution in [3.8, 4) is 0 Å². The van der Waals surface area contributed by atoms with E-state index in [1.165, 1.54) is 11.8 Å². The number of benzene rings is 3. The molecule has 0 spiro atoms. The summed E-state index contributed by atoms with van der Waals surface area (Å²) in [6, 6.07) is 27.3. The van der Waals surface area contributed by atoms with E-state index in [1.807, 2.05) is 91.0 Å². The third-order valence-corrected chi connectivity index (χ3v) is 5.45. The Morgan fingerprint density at radius 1 is 0.806 bits per heavy atom. The minimum atomic E-state index is -0.699. The Kier molecular flexibility index (Phi) is 8.25. The fourth-order valence-corrected chi connectivity index (χ4v) is 3.76. The summed E-state index contributed by atoms with van der Waals surface area (Å²) in [6.07, 6.45) is 0. The molecule has 0 aliphatic heterocycles. The fraction of sp³-hybridized carbons (Fsp3) is 0.125. The van der Waals surface area contributed by atoms with E-state index in [0.29, 0.717) is 0 Å². The molecule has 2 N–H and O–H groups in total. The van der Waals surface area contributed by atoms with E-state index in [4.69, 9.17) is 4.74 Å². The van der Waals surface area contributed by atoms with Crippen molar-refractivity contribution < 1.29 is 19.1 Å². The van der Waals surface area contributed by atoms with Gasteiger partial charge in [-0.1, -0.05) is 78.9 Å². The zero-order valence-corrected chi connectivity index (χ0v) is 17.5. The largest absolute Gasteiger partial charge is 0.454 e. The summed E-state index contributed by atoms with van der Waals surface area (Å²) in [5.41, 5.74) is 1.67. The number of amides is 3. The summed E-state index contributed by atoms with van der Waals surface area (Å²) >= 11 is 1.34. The van der Waals surface area contributed by atoms with Gasteiger partial charge in [-0.15, -0.1) is 11.8 Å². The van der Waals surface area contributed by atoms with Gasteiger partial charge in [0.2, 0.25) is 0 Å². The molecular formula is C24H22N2O4S. The molecule has 31 heavy (non-hydrogen) atoms. The number of carbonyl (C=O) groups excluding carboxylic acids is 3. The molecule has 0 aromatic heterocycles. The van der Waals surface area contributed by atoms with Gasteiger partial charge < -0.3 is 10.1 Å². The first-order valence-corrected chi connectivity index (χ1v) is 10.5. The maximum atomic E-state index is 12.7. The fourth-order valence-electron chi connectivity index (χ4n) is 2.71. The van der Waals surface area contributed by atoms with Gasteiger partial charge in [0.15, 0.2) is 6.61 Å². The van der Waals surface area contributed by atoms with Gasteiger partial charge in [-0.25, -0.2) is 4.79 Å². The monoisotopic (exact) mass is 434 g/mol. The highest BCUT2D eigenvalue weighted by Crippen LogP contribution is 2.36. The highest BCUT2D eigenvalue weighted by atomic mass is 32.2. The molecule has 0 aliphatic carbocycles. The second-order valence-corrected chi connectivity index (χ2v) is 7.72. The molecule has 3 aromatic carbocycles. The van der Waals surface area contributed by atoms with Crippen LogP contribution in [0.3, 0.4) is 0 Å². The van der Waals surface area contributed by atoms with Crippen LogP contribution >= 0.6 is 11.8 Å². The van der Waals surface area contributed by atoms with Crippen molar-refractivity contribution in [3.63, 3.8) is 0 Å². The van der Waals surface area contributed by atoms with Gasteiger partial charge >= 0.3 is 12.0 Å². The van der Waals surface area contributed by atoms with Crippen LogP contribution in [0.5, 0.6) is 0 Å². The molecular weight excluding hydrogens is 412 g/mol. The van der Waals surface area contributed by atoms with Gasteiger partial charge in [-0.3, -0.25) is 14.9 Å². The predicted octanol–water partition coefficient (Wildman–Crippen LogP) is 4.09. The van der Waals surface area contributed by atoms with Crippen LogP contribution in [-0.4, -0.2) is 24.5 Å². The number of ether oxygens (including phenoxy) is 1. The average molecular weight is 435 g/mol. The SMILES string of the molecule is O=C(COC(=O)[C@@H](Sc1ccccc1)c1ccccc1)NC(=O)NCc1ccccc1. The molecule has 1 atom stereocenters. The summed E-state index contributed by atoms with van der Waals surface area (Å²) in [6.45, 7) is -0.264. The van der Waals surface area contributed by atoms with Crippen molar-refractivity contribution in [2.45, 2.75) is 16.7 Å². The molecule has 0 unspecified atom stereocenters. The molecule has 6 nitrogen and oxygen atoms in total. The number of urea groups is 1. The van der Waals surface area contributed by atoms with E-state index in [-0.39, 0.29) is 6.54 Å². The summed E-state index contributed by atoms with van der Waals surface area (Å²) < 4.78 is 5.20. The molecule has 0 heterocycles. The predicted molar refractivity (Wildman–Crippen MR) is 119 cm³/mol. The van der Waals surface area contributed by atoms with Crippen molar-refractivity contribution in [3.05, 3.63) is 102 Å². The van der Waals surface area contributed by atoms with Crippen LogP contribution in [0.25, 0.3) is 0 Å². The Balaban J connectivity index is 1.52.